The van der Waals surface area contributed by atoms with Gasteiger partial charge in [0.05, 0.1) is 0 Å². The van der Waals surface area contributed by atoms with Crippen LogP contribution in [0.5, 0.6) is 0 Å². The molecule has 96 valence electrons. The number of rotatable bonds is 6. The predicted octanol–water partition coefficient (Wildman–Crippen LogP) is 0.712. The van der Waals surface area contributed by atoms with Crippen molar-refractivity contribution in [1.82, 2.24) is 14.9 Å². The number of hydrogen-bond donors (Lipinski definition) is 1. The molecule has 0 aromatic carbocycles. The molecule has 1 heterocycles. The van der Waals surface area contributed by atoms with E-state index in [9.17, 15) is 0 Å². The van der Waals surface area contributed by atoms with Crippen LogP contribution in [0, 0.1) is 0 Å². The molecule has 5 heteroatoms. The molecule has 0 aliphatic heterocycles. The lowest BCUT2D eigenvalue weighted by atomic mass is 10.2. The van der Waals surface area contributed by atoms with Crippen LogP contribution >= 0.6 is 0 Å². The van der Waals surface area contributed by atoms with Crippen molar-refractivity contribution in [1.29, 1.82) is 0 Å². The molecule has 0 fully saturated rings. The van der Waals surface area contributed by atoms with E-state index >= 15 is 0 Å². The first-order valence-electron chi connectivity index (χ1n) is 6.00. The molecule has 0 radical (unpaired) electrons. The third-order valence-corrected chi connectivity index (χ3v) is 2.69. The molecular weight excluding hydrogens is 214 g/mol. The largest absolute Gasteiger partial charge is 0.337 e. The van der Waals surface area contributed by atoms with E-state index in [2.05, 4.69) is 47.7 Å². The Hall–Kier alpha value is -1.20. The van der Waals surface area contributed by atoms with Crippen molar-refractivity contribution < 1.29 is 0 Å². The summed E-state index contributed by atoms with van der Waals surface area (Å²) >= 11 is 0. The van der Waals surface area contributed by atoms with Gasteiger partial charge in [-0.05, 0) is 27.9 Å². The summed E-state index contributed by atoms with van der Waals surface area (Å²) in [5, 5.41) is 0. The molecule has 1 unspecified atom stereocenters. The quantitative estimate of drug-likeness (QED) is 0.789. The van der Waals surface area contributed by atoms with Crippen LogP contribution in [0.3, 0.4) is 0 Å². The summed E-state index contributed by atoms with van der Waals surface area (Å²) in [4.78, 5) is 13.1. The maximum absolute atomic E-state index is 5.53. The Balaban J connectivity index is 2.77. The van der Waals surface area contributed by atoms with Gasteiger partial charge in [-0.1, -0.05) is 0 Å². The molecule has 1 aromatic heterocycles. The van der Waals surface area contributed by atoms with Gasteiger partial charge in [-0.2, -0.15) is 0 Å². The molecule has 17 heavy (non-hydrogen) atoms. The molecule has 0 aliphatic rings. The lowest BCUT2D eigenvalue weighted by Gasteiger charge is -2.30. The van der Waals surface area contributed by atoms with Crippen LogP contribution < -0.4 is 10.6 Å². The predicted molar refractivity (Wildman–Crippen MR) is 71.0 cm³/mol. The van der Waals surface area contributed by atoms with E-state index in [1.165, 1.54) is 0 Å². The Kier molecular flexibility index (Phi) is 5.31. The van der Waals surface area contributed by atoms with Crippen LogP contribution in [0.2, 0.25) is 0 Å². The maximum Gasteiger partial charge on any atom is 0.225 e. The van der Waals surface area contributed by atoms with Crippen LogP contribution in [-0.4, -0.2) is 48.1 Å². The normalized spacial score (nSPS) is 12.8. The standard InChI is InChI=1S/C12H23N5/c1-5-17(10(2)9-16(3)4)12-14-7-11(6-13)8-15-12/h7-8,10H,5-6,9,13H2,1-4H3. The fourth-order valence-electron chi connectivity index (χ4n) is 1.88. The van der Waals surface area contributed by atoms with Gasteiger partial charge in [0.1, 0.15) is 0 Å². The zero-order chi connectivity index (χ0) is 12.8. The average molecular weight is 237 g/mol. The van der Waals surface area contributed by atoms with Gasteiger partial charge in [0.15, 0.2) is 0 Å². The van der Waals surface area contributed by atoms with E-state index in [-0.39, 0.29) is 0 Å². The summed E-state index contributed by atoms with van der Waals surface area (Å²) in [6.07, 6.45) is 3.60. The van der Waals surface area contributed by atoms with Crippen molar-refractivity contribution in [3.8, 4) is 0 Å². The molecule has 5 nitrogen and oxygen atoms in total. The Morgan fingerprint density at radius 1 is 1.29 bits per heavy atom. The summed E-state index contributed by atoms with van der Waals surface area (Å²) in [6.45, 7) is 6.67. The Labute approximate surface area is 104 Å². The fourth-order valence-corrected chi connectivity index (χ4v) is 1.88. The van der Waals surface area contributed by atoms with Crippen molar-refractivity contribution in [3.63, 3.8) is 0 Å². The van der Waals surface area contributed by atoms with Gasteiger partial charge >= 0.3 is 0 Å². The van der Waals surface area contributed by atoms with Gasteiger partial charge in [0.25, 0.3) is 0 Å². The molecule has 0 saturated carbocycles. The van der Waals surface area contributed by atoms with E-state index in [4.69, 9.17) is 5.73 Å². The third kappa shape index (κ3) is 3.94. The highest BCUT2D eigenvalue weighted by Gasteiger charge is 2.15. The van der Waals surface area contributed by atoms with Gasteiger partial charge in [-0.15, -0.1) is 0 Å². The minimum Gasteiger partial charge on any atom is -0.337 e. The highest BCUT2D eigenvalue weighted by Crippen LogP contribution is 2.11. The molecule has 1 rings (SSSR count). The minimum atomic E-state index is 0.388. The Morgan fingerprint density at radius 2 is 1.88 bits per heavy atom. The summed E-state index contributed by atoms with van der Waals surface area (Å²) < 4.78 is 0. The first-order valence-corrected chi connectivity index (χ1v) is 6.00. The van der Waals surface area contributed by atoms with Crippen molar-refractivity contribution in [2.75, 3.05) is 32.1 Å². The van der Waals surface area contributed by atoms with Crippen molar-refractivity contribution in [2.24, 2.45) is 5.73 Å². The number of aromatic nitrogens is 2. The van der Waals surface area contributed by atoms with Gasteiger partial charge in [0.2, 0.25) is 5.95 Å². The van der Waals surface area contributed by atoms with E-state index in [0.717, 1.165) is 24.6 Å². The van der Waals surface area contributed by atoms with Gasteiger partial charge < -0.3 is 15.5 Å². The monoisotopic (exact) mass is 237 g/mol. The summed E-state index contributed by atoms with van der Waals surface area (Å²) in [6, 6.07) is 0.388. The van der Waals surface area contributed by atoms with E-state index in [1.807, 2.05) is 0 Å². The number of nitrogens with two attached hydrogens (primary N) is 1. The highest BCUT2D eigenvalue weighted by atomic mass is 15.3. The average Bonchev–Trinajstić information content (AvgIpc) is 2.30. The zero-order valence-electron chi connectivity index (χ0n) is 11.2. The Morgan fingerprint density at radius 3 is 2.29 bits per heavy atom. The second-order valence-corrected chi connectivity index (χ2v) is 4.49. The molecule has 1 atom stereocenters. The number of anilines is 1. The molecule has 0 aliphatic carbocycles. The Bertz CT molecular complexity index is 322. The number of nitrogens with zero attached hydrogens (tertiary/aromatic N) is 4. The molecule has 0 amide bonds. The van der Waals surface area contributed by atoms with Gasteiger partial charge in [-0.3, -0.25) is 0 Å². The van der Waals surface area contributed by atoms with Crippen LogP contribution in [0.15, 0.2) is 12.4 Å². The third-order valence-electron chi connectivity index (χ3n) is 2.69. The summed E-state index contributed by atoms with van der Waals surface area (Å²) in [5.41, 5.74) is 6.50. The first-order chi connectivity index (χ1) is 8.08. The molecule has 0 bridgehead atoms. The van der Waals surface area contributed by atoms with E-state index in [0.29, 0.717) is 12.6 Å². The second-order valence-electron chi connectivity index (χ2n) is 4.49. The lowest BCUT2D eigenvalue weighted by molar-refractivity contribution is 0.371. The summed E-state index contributed by atoms with van der Waals surface area (Å²) in [5.74, 6) is 0.777. The number of hydrogen-bond acceptors (Lipinski definition) is 5. The molecule has 2 N–H and O–H groups in total. The minimum absolute atomic E-state index is 0.388. The number of likely N-dealkylation sites (N-methyl/N-ethyl adjacent to an activating group) is 2. The molecular formula is C12H23N5. The summed E-state index contributed by atoms with van der Waals surface area (Å²) in [7, 11) is 4.14. The molecule has 0 saturated heterocycles. The van der Waals surface area contributed by atoms with Crippen LogP contribution in [0.4, 0.5) is 5.95 Å². The van der Waals surface area contributed by atoms with Crippen molar-refractivity contribution >= 4 is 5.95 Å². The van der Waals surface area contributed by atoms with E-state index in [1.54, 1.807) is 12.4 Å². The van der Waals surface area contributed by atoms with Crippen LogP contribution in [-0.2, 0) is 6.54 Å². The SMILES string of the molecule is CCN(c1ncc(CN)cn1)C(C)CN(C)C. The zero-order valence-corrected chi connectivity index (χ0v) is 11.2. The fraction of sp³-hybridized carbons (Fsp3) is 0.667. The molecule has 0 spiro atoms. The van der Waals surface area contributed by atoms with E-state index < -0.39 is 0 Å². The van der Waals surface area contributed by atoms with Crippen LogP contribution in [0.25, 0.3) is 0 Å². The first kappa shape index (κ1) is 13.9. The molecule has 1 aromatic rings. The van der Waals surface area contributed by atoms with Crippen molar-refractivity contribution in [3.05, 3.63) is 18.0 Å². The maximum atomic E-state index is 5.53. The van der Waals surface area contributed by atoms with Crippen LogP contribution in [0.1, 0.15) is 19.4 Å². The second kappa shape index (κ2) is 6.51. The smallest absolute Gasteiger partial charge is 0.225 e. The van der Waals surface area contributed by atoms with Crippen molar-refractivity contribution in [2.45, 2.75) is 26.4 Å². The lowest BCUT2D eigenvalue weighted by Crippen LogP contribution is -2.41. The topological polar surface area (TPSA) is 58.3 Å². The van der Waals surface area contributed by atoms with Gasteiger partial charge in [0, 0.05) is 43.6 Å². The van der Waals surface area contributed by atoms with Gasteiger partial charge in [-0.25, -0.2) is 9.97 Å². The highest BCUT2D eigenvalue weighted by molar-refractivity contribution is 5.31.